The molecule has 4 nitrogen and oxygen atoms in total. The standard InChI is InChI=1S/C21H17BrCl2FNO3/c1-28-19-7-6-15(22)14(10-26-13-8-16(23)20(27)17(24)9-13)21(19)29-11-12-4-2-3-5-18(12)25/h2-9,26-27H,10-11H2,1H3. The highest BCUT2D eigenvalue weighted by atomic mass is 79.9. The molecular weight excluding hydrogens is 484 g/mol. The van der Waals surface area contributed by atoms with E-state index in [0.717, 1.165) is 10.0 Å². The van der Waals surface area contributed by atoms with E-state index in [1.54, 1.807) is 36.4 Å². The normalized spacial score (nSPS) is 10.7. The summed E-state index contributed by atoms with van der Waals surface area (Å²) in [6.45, 7) is 0.380. The number of phenolic OH excluding ortho intramolecular Hbond substituents is 1. The molecule has 0 aliphatic heterocycles. The molecule has 0 aromatic heterocycles. The zero-order valence-corrected chi connectivity index (χ0v) is 18.4. The largest absolute Gasteiger partial charge is 0.505 e. The minimum absolute atomic E-state index is 0.0450. The van der Waals surface area contributed by atoms with E-state index < -0.39 is 0 Å². The van der Waals surface area contributed by atoms with Crippen LogP contribution < -0.4 is 14.8 Å². The number of nitrogens with one attached hydrogen (secondary N) is 1. The summed E-state index contributed by atoms with van der Waals surface area (Å²) in [5, 5.41) is 13.2. The van der Waals surface area contributed by atoms with Crippen molar-refractivity contribution in [2.24, 2.45) is 0 Å². The summed E-state index contributed by atoms with van der Waals surface area (Å²) in [6.07, 6.45) is 0. The summed E-state index contributed by atoms with van der Waals surface area (Å²) in [6, 6.07) is 13.2. The molecule has 0 aliphatic carbocycles. The third-order valence-electron chi connectivity index (χ3n) is 4.20. The molecule has 0 atom stereocenters. The number of aromatic hydroxyl groups is 1. The minimum atomic E-state index is -0.338. The van der Waals surface area contributed by atoms with E-state index in [0.29, 0.717) is 29.3 Å². The van der Waals surface area contributed by atoms with Gasteiger partial charge in [-0.3, -0.25) is 0 Å². The zero-order chi connectivity index (χ0) is 21.0. The molecule has 0 spiro atoms. The van der Waals surface area contributed by atoms with Gasteiger partial charge < -0.3 is 19.9 Å². The molecule has 3 aromatic carbocycles. The molecule has 152 valence electrons. The molecule has 29 heavy (non-hydrogen) atoms. The Morgan fingerprint density at radius 2 is 1.79 bits per heavy atom. The molecule has 3 aromatic rings. The second kappa shape index (κ2) is 9.57. The Kier molecular flexibility index (Phi) is 7.11. The van der Waals surface area contributed by atoms with E-state index >= 15 is 0 Å². The van der Waals surface area contributed by atoms with Gasteiger partial charge in [-0.05, 0) is 30.3 Å². The lowest BCUT2D eigenvalue weighted by Gasteiger charge is -2.18. The highest BCUT2D eigenvalue weighted by Crippen LogP contribution is 2.39. The number of halogens is 4. The van der Waals surface area contributed by atoms with Gasteiger partial charge in [0.2, 0.25) is 0 Å². The van der Waals surface area contributed by atoms with Crippen LogP contribution in [0.15, 0.2) is 53.0 Å². The first-order valence-electron chi connectivity index (χ1n) is 8.54. The Morgan fingerprint density at radius 1 is 1.10 bits per heavy atom. The maximum Gasteiger partial charge on any atom is 0.167 e. The van der Waals surface area contributed by atoms with Gasteiger partial charge in [0, 0.05) is 27.8 Å². The average Bonchev–Trinajstić information content (AvgIpc) is 2.70. The second-order valence-corrected chi connectivity index (χ2v) is 7.75. The Balaban J connectivity index is 1.86. The van der Waals surface area contributed by atoms with Gasteiger partial charge in [0.1, 0.15) is 12.4 Å². The van der Waals surface area contributed by atoms with Crippen molar-refractivity contribution in [3.8, 4) is 17.2 Å². The van der Waals surface area contributed by atoms with E-state index in [-0.39, 0.29) is 28.2 Å². The smallest absolute Gasteiger partial charge is 0.167 e. The number of ether oxygens (including phenoxy) is 2. The number of phenols is 1. The first-order valence-corrected chi connectivity index (χ1v) is 10.1. The van der Waals surface area contributed by atoms with Crippen molar-refractivity contribution in [1.82, 2.24) is 0 Å². The van der Waals surface area contributed by atoms with Crippen LogP contribution in [0.5, 0.6) is 17.2 Å². The average molecular weight is 501 g/mol. The number of hydrogen-bond acceptors (Lipinski definition) is 4. The first-order chi connectivity index (χ1) is 13.9. The van der Waals surface area contributed by atoms with Gasteiger partial charge in [0.05, 0.1) is 17.2 Å². The van der Waals surface area contributed by atoms with Crippen LogP contribution >= 0.6 is 39.1 Å². The summed E-state index contributed by atoms with van der Waals surface area (Å²) in [4.78, 5) is 0. The van der Waals surface area contributed by atoms with Gasteiger partial charge in [0.25, 0.3) is 0 Å². The summed E-state index contributed by atoms with van der Waals surface area (Å²) >= 11 is 15.5. The van der Waals surface area contributed by atoms with Crippen molar-refractivity contribution in [2.45, 2.75) is 13.2 Å². The summed E-state index contributed by atoms with van der Waals surface area (Å²) in [7, 11) is 1.54. The maximum absolute atomic E-state index is 14.0. The molecular formula is C21H17BrCl2FNO3. The number of anilines is 1. The van der Waals surface area contributed by atoms with Crippen LogP contribution in [0, 0.1) is 5.82 Å². The highest BCUT2D eigenvalue weighted by Gasteiger charge is 2.16. The van der Waals surface area contributed by atoms with E-state index in [1.165, 1.54) is 13.2 Å². The number of methoxy groups -OCH3 is 1. The lowest BCUT2D eigenvalue weighted by atomic mass is 10.1. The topological polar surface area (TPSA) is 50.7 Å². The van der Waals surface area contributed by atoms with Gasteiger partial charge >= 0.3 is 0 Å². The fourth-order valence-corrected chi connectivity index (χ4v) is 3.63. The Labute approximate surface area is 186 Å². The number of benzene rings is 3. The summed E-state index contributed by atoms with van der Waals surface area (Å²) < 4.78 is 26.1. The van der Waals surface area contributed by atoms with Crippen LogP contribution in [0.25, 0.3) is 0 Å². The van der Waals surface area contributed by atoms with Crippen LogP contribution in [0.2, 0.25) is 10.0 Å². The second-order valence-electron chi connectivity index (χ2n) is 6.08. The van der Waals surface area contributed by atoms with E-state index in [9.17, 15) is 9.50 Å². The third-order valence-corrected chi connectivity index (χ3v) is 5.52. The molecule has 8 heteroatoms. The first kappa shape index (κ1) is 21.6. The molecule has 0 amide bonds. The number of hydrogen-bond donors (Lipinski definition) is 2. The number of rotatable bonds is 7. The maximum atomic E-state index is 14.0. The fourth-order valence-electron chi connectivity index (χ4n) is 2.69. The third kappa shape index (κ3) is 5.07. The molecule has 0 heterocycles. The molecule has 0 unspecified atom stereocenters. The summed E-state index contributed by atoms with van der Waals surface area (Å²) in [5.41, 5.74) is 1.82. The van der Waals surface area contributed by atoms with Crippen molar-refractivity contribution in [3.05, 3.63) is 80.0 Å². The zero-order valence-electron chi connectivity index (χ0n) is 15.3. The Morgan fingerprint density at radius 3 is 2.45 bits per heavy atom. The van der Waals surface area contributed by atoms with Gasteiger partial charge in [-0.2, -0.15) is 0 Å². The monoisotopic (exact) mass is 499 g/mol. The van der Waals surface area contributed by atoms with E-state index in [4.69, 9.17) is 32.7 Å². The Hall–Kier alpha value is -2.15. The molecule has 0 aliphatic rings. The minimum Gasteiger partial charge on any atom is -0.505 e. The van der Waals surface area contributed by atoms with Gasteiger partial charge in [0.15, 0.2) is 17.2 Å². The fraction of sp³-hybridized carbons (Fsp3) is 0.143. The van der Waals surface area contributed by atoms with Crippen molar-refractivity contribution in [3.63, 3.8) is 0 Å². The molecule has 2 N–H and O–H groups in total. The van der Waals surface area contributed by atoms with Crippen LogP contribution in [0.3, 0.4) is 0 Å². The van der Waals surface area contributed by atoms with Gasteiger partial charge in [-0.1, -0.05) is 57.3 Å². The van der Waals surface area contributed by atoms with Crippen LogP contribution in [-0.2, 0) is 13.2 Å². The Bertz CT molecular complexity index is 1010. The highest BCUT2D eigenvalue weighted by molar-refractivity contribution is 9.10. The van der Waals surface area contributed by atoms with Crippen molar-refractivity contribution in [1.29, 1.82) is 0 Å². The van der Waals surface area contributed by atoms with E-state index in [2.05, 4.69) is 21.2 Å². The van der Waals surface area contributed by atoms with Crippen molar-refractivity contribution >= 4 is 44.8 Å². The molecule has 3 rings (SSSR count). The lowest BCUT2D eigenvalue weighted by Crippen LogP contribution is -2.07. The van der Waals surface area contributed by atoms with Crippen LogP contribution in [0.1, 0.15) is 11.1 Å². The molecule has 0 saturated heterocycles. The van der Waals surface area contributed by atoms with Crippen molar-refractivity contribution < 1.29 is 19.0 Å². The van der Waals surface area contributed by atoms with Crippen LogP contribution in [-0.4, -0.2) is 12.2 Å². The molecule has 0 fully saturated rings. The summed E-state index contributed by atoms with van der Waals surface area (Å²) in [5.74, 6) is 0.488. The lowest BCUT2D eigenvalue weighted by molar-refractivity contribution is 0.276. The quantitative estimate of drug-likeness (QED) is 0.350. The van der Waals surface area contributed by atoms with Crippen LogP contribution in [0.4, 0.5) is 10.1 Å². The van der Waals surface area contributed by atoms with Gasteiger partial charge in [-0.25, -0.2) is 4.39 Å². The molecule has 0 radical (unpaired) electrons. The predicted octanol–water partition coefficient (Wildman–Crippen LogP) is 6.80. The predicted molar refractivity (Wildman–Crippen MR) is 117 cm³/mol. The van der Waals surface area contributed by atoms with Gasteiger partial charge in [-0.15, -0.1) is 0 Å². The molecule has 0 bridgehead atoms. The molecule has 0 saturated carbocycles. The van der Waals surface area contributed by atoms with Crippen molar-refractivity contribution in [2.75, 3.05) is 12.4 Å². The SMILES string of the molecule is COc1ccc(Br)c(CNc2cc(Cl)c(O)c(Cl)c2)c1OCc1ccccc1F. The van der Waals surface area contributed by atoms with E-state index in [1.807, 2.05) is 6.07 Å².